The summed E-state index contributed by atoms with van der Waals surface area (Å²) in [4.78, 5) is 42.0. The minimum absolute atomic E-state index is 0. The van der Waals surface area contributed by atoms with E-state index in [1.54, 1.807) is 7.05 Å². The summed E-state index contributed by atoms with van der Waals surface area (Å²) in [7, 11) is 4.57. The van der Waals surface area contributed by atoms with Crippen LogP contribution in [0.5, 0.6) is 0 Å². The minimum atomic E-state index is -0.513. The zero-order valence-corrected chi connectivity index (χ0v) is 13.4. The highest BCUT2D eigenvalue weighted by atomic mass is 16.6. The second kappa shape index (κ2) is 17.9. The molecular weight excluding hydrogens is 306 g/mol. The quantitative estimate of drug-likeness (QED) is 0.474. The molecule has 0 aromatic heterocycles. The Bertz CT molecular complexity index is 349. The molecule has 0 aliphatic heterocycles. The smallest absolute Gasteiger partial charge is 0.293 e. The van der Waals surface area contributed by atoms with Gasteiger partial charge in [0.1, 0.15) is 6.10 Å². The summed E-state index contributed by atoms with van der Waals surface area (Å²) in [5.41, 5.74) is 0. The van der Waals surface area contributed by atoms with Gasteiger partial charge in [0.05, 0.1) is 13.2 Å². The van der Waals surface area contributed by atoms with Crippen molar-refractivity contribution in [2.75, 3.05) is 34.4 Å². The zero-order chi connectivity index (χ0) is 17.4. The van der Waals surface area contributed by atoms with E-state index >= 15 is 0 Å². The summed E-state index contributed by atoms with van der Waals surface area (Å²) in [6, 6.07) is 0. The van der Waals surface area contributed by atoms with Crippen molar-refractivity contribution in [1.29, 1.82) is 0 Å². The Balaban J connectivity index is -0.000000578. The molecular formula is C14H29N3O6. The normalized spacial score (nSPS) is 9.91. The molecule has 1 unspecified atom stereocenters. The van der Waals surface area contributed by atoms with Gasteiger partial charge >= 0.3 is 0 Å². The van der Waals surface area contributed by atoms with E-state index in [1.807, 2.05) is 0 Å². The molecule has 0 spiro atoms. The van der Waals surface area contributed by atoms with Gasteiger partial charge in [-0.25, -0.2) is 0 Å². The molecule has 1 atom stereocenters. The van der Waals surface area contributed by atoms with Crippen molar-refractivity contribution in [3.8, 4) is 0 Å². The van der Waals surface area contributed by atoms with Gasteiger partial charge in [-0.2, -0.15) is 0 Å². The molecule has 0 radical (unpaired) electrons. The van der Waals surface area contributed by atoms with Crippen molar-refractivity contribution < 1.29 is 28.7 Å². The van der Waals surface area contributed by atoms with E-state index in [0.29, 0.717) is 6.47 Å². The van der Waals surface area contributed by atoms with E-state index in [9.17, 15) is 19.2 Å². The summed E-state index contributed by atoms with van der Waals surface area (Å²) >= 11 is 0. The van der Waals surface area contributed by atoms with Crippen LogP contribution in [-0.2, 0) is 28.7 Å². The average molecular weight is 335 g/mol. The fraction of sp³-hybridized carbons (Fsp3) is 0.714. The first-order chi connectivity index (χ1) is 10.4. The monoisotopic (exact) mass is 335 g/mol. The van der Waals surface area contributed by atoms with Crippen LogP contribution in [0.4, 0.5) is 0 Å². The van der Waals surface area contributed by atoms with E-state index in [0.717, 1.165) is 0 Å². The molecule has 9 heteroatoms. The summed E-state index contributed by atoms with van der Waals surface area (Å²) in [6.07, 6.45) is -0.284. The van der Waals surface area contributed by atoms with E-state index in [4.69, 9.17) is 4.74 Å². The molecule has 0 aliphatic carbocycles. The molecule has 23 heavy (non-hydrogen) atoms. The highest BCUT2D eigenvalue weighted by Gasteiger charge is 2.11. The first-order valence-corrected chi connectivity index (χ1v) is 6.64. The Morgan fingerprint density at radius 2 is 1.61 bits per heavy atom. The van der Waals surface area contributed by atoms with Gasteiger partial charge in [-0.3, -0.25) is 19.2 Å². The molecule has 3 amide bonds. The maximum Gasteiger partial charge on any atom is 0.293 e. The molecule has 136 valence electrons. The van der Waals surface area contributed by atoms with Crippen molar-refractivity contribution in [2.24, 2.45) is 0 Å². The third-order valence-corrected chi connectivity index (χ3v) is 2.34. The highest BCUT2D eigenvalue weighted by Crippen LogP contribution is 1.92. The Morgan fingerprint density at radius 3 is 2.00 bits per heavy atom. The maximum atomic E-state index is 11.3. The van der Waals surface area contributed by atoms with Gasteiger partial charge in [-0.05, 0) is 0 Å². The fourth-order valence-corrected chi connectivity index (χ4v) is 1.08. The van der Waals surface area contributed by atoms with Crippen molar-refractivity contribution in [1.82, 2.24) is 16.0 Å². The van der Waals surface area contributed by atoms with Crippen LogP contribution in [0.2, 0.25) is 0 Å². The van der Waals surface area contributed by atoms with Crippen molar-refractivity contribution in [3.05, 3.63) is 0 Å². The molecule has 0 rings (SSSR count). The van der Waals surface area contributed by atoms with Crippen LogP contribution in [0.15, 0.2) is 0 Å². The molecule has 9 nitrogen and oxygen atoms in total. The van der Waals surface area contributed by atoms with E-state index < -0.39 is 6.10 Å². The van der Waals surface area contributed by atoms with Gasteiger partial charge in [-0.15, -0.1) is 0 Å². The summed E-state index contributed by atoms with van der Waals surface area (Å²) in [5, 5.41) is 7.35. The van der Waals surface area contributed by atoms with Gasteiger partial charge in [0.2, 0.25) is 17.7 Å². The van der Waals surface area contributed by atoms with Crippen LogP contribution in [0, 0.1) is 0 Å². The Hall–Kier alpha value is -2.16. The van der Waals surface area contributed by atoms with Crippen LogP contribution in [0.3, 0.4) is 0 Å². The Morgan fingerprint density at radius 1 is 1.09 bits per heavy atom. The molecule has 0 saturated carbocycles. The lowest BCUT2D eigenvalue weighted by atomic mass is 10.2. The van der Waals surface area contributed by atoms with Gasteiger partial charge in [0, 0.05) is 41.0 Å². The molecule has 0 aromatic carbocycles. The second-order valence-electron chi connectivity index (χ2n) is 4.09. The molecule has 0 aromatic rings. The number of amides is 3. The van der Waals surface area contributed by atoms with Crippen molar-refractivity contribution >= 4 is 24.2 Å². The van der Waals surface area contributed by atoms with E-state index in [-0.39, 0.29) is 51.1 Å². The standard InChI is InChI=1S/C10H18N2O5.C3H7NO.CH4/c1-11-9(14)3-4-10(15)12-5-8(6-16-2)17-7-13;1-3(5)4-2;/h7-8H,3-6H2,1-2H3,(H,11,14)(H,12,15);1-2H3,(H,4,5);1H4. The predicted molar refractivity (Wildman–Crippen MR) is 85.6 cm³/mol. The van der Waals surface area contributed by atoms with E-state index in [2.05, 4.69) is 20.7 Å². The first kappa shape index (κ1) is 25.8. The summed E-state index contributed by atoms with van der Waals surface area (Å²) in [5.74, 6) is -0.466. The van der Waals surface area contributed by atoms with Crippen LogP contribution < -0.4 is 16.0 Å². The largest absolute Gasteiger partial charge is 0.460 e. The summed E-state index contributed by atoms with van der Waals surface area (Å²) in [6.45, 7) is 2.15. The lowest BCUT2D eigenvalue weighted by molar-refractivity contribution is -0.137. The van der Waals surface area contributed by atoms with Crippen LogP contribution in [0.1, 0.15) is 27.2 Å². The molecule has 0 fully saturated rings. The molecule has 0 aliphatic rings. The number of carbonyl (C=O) groups is 4. The lowest BCUT2D eigenvalue weighted by Gasteiger charge is -2.14. The van der Waals surface area contributed by atoms with Crippen molar-refractivity contribution in [3.63, 3.8) is 0 Å². The molecule has 3 N–H and O–H groups in total. The number of ether oxygens (including phenoxy) is 2. The number of hydrogen-bond acceptors (Lipinski definition) is 6. The SMILES string of the molecule is C.CNC(=O)CCC(=O)NCC(COC)OC=O.CNC(C)=O. The highest BCUT2D eigenvalue weighted by molar-refractivity contribution is 5.83. The third-order valence-electron chi connectivity index (χ3n) is 2.34. The van der Waals surface area contributed by atoms with E-state index in [1.165, 1.54) is 21.1 Å². The van der Waals surface area contributed by atoms with Crippen molar-refractivity contribution in [2.45, 2.75) is 33.3 Å². The number of nitrogens with one attached hydrogen (secondary N) is 3. The predicted octanol–water partition coefficient (Wildman–Crippen LogP) is -0.795. The van der Waals surface area contributed by atoms with Gasteiger partial charge < -0.3 is 25.4 Å². The number of carbonyl (C=O) groups excluding carboxylic acids is 4. The third kappa shape index (κ3) is 19.8. The number of methoxy groups -OCH3 is 1. The molecule has 0 saturated heterocycles. The Kier molecular flexibility index (Phi) is 20.0. The fourth-order valence-electron chi connectivity index (χ4n) is 1.08. The van der Waals surface area contributed by atoms with Crippen LogP contribution in [-0.4, -0.2) is 64.7 Å². The lowest BCUT2D eigenvalue weighted by Crippen LogP contribution is -2.36. The molecule has 0 heterocycles. The average Bonchev–Trinajstić information content (AvgIpc) is 2.51. The van der Waals surface area contributed by atoms with Gasteiger partial charge in [0.15, 0.2) is 0 Å². The minimum Gasteiger partial charge on any atom is -0.460 e. The topological polar surface area (TPSA) is 123 Å². The number of rotatable bonds is 9. The first-order valence-electron chi connectivity index (χ1n) is 6.64. The second-order valence-corrected chi connectivity index (χ2v) is 4.09. The van der Waals surface area contributed by atoms with Crippen LogP contribution in [0.25, 0.3) is 0 Å². The van der Waals surface area contributed by atoms with Gasteiger partial charge in [0.25, 0.3) is 6.47 Å². The molecule has 0 bridgehead atoms. The Labute approximate surface area is 137 Å². The zero-order valence-electron chi connectivity index (χ0n) is 13.4. The maximum absolute atomic E-state index is 11.3. The number of hydrogen-bond donors (Lipinski definition) is 3. The van der Waals surface area contributed by atoms with Crippen LogP contribution >= 0.6 is 0 Å². The van der Waals surface area contributed by atoms with Gasteiger partial charge in [-0.1, -0.05) is 7.43 Å². The summed E-state index contributed by atoms with van der Waals surface area (Å²) < 4.78 is 9.49.